The second kappa shape index (κ2) is 6.41. The van der Waals surface area contributed by atoms with Gasteiger partial charge in [-0.1, -0.05) is 12.8 Å². The molecule has 0 amide bonds. The fourth-order valence-corrected chi connectivity index (χ4v) is 3.71. The van der Waals surface area contributed by atoms with Crippen molar-refractivity contribution in [3.05, 3.63) is 0 Å². The molecule has 0 bridgehead atoms. The molecule has 0 saturated carbocycles. The normalized spacial score (nSPS) is 17.0. The van der Waals surface area contributed by atoms with Gasteiger partial charge in [0.25, 0.3) is 10.1 Å². The fraction of sp³-hybridized carbons (Fsp3) is 0.778. The smallest absolute Gasteiger partial charge is 0.266 e. The number of hydrogen-bond acceptors (Lipinski definition) is 4. The van der Waals surface area contributed by atoms with Gasteiger partial charge in [-0.15, -0.1) is 5.92 Å². The molecule has 0 rings (SSSR count). The second-order valence-corrected chi connectivity index (χ2v) is 7.82. The Balaban J connectivity index is 4.81. The van der Waals surface area contributed by atoms with E-state index in [4.69, 9.17) is 9.08 Å². The first-order valence-corrected chi connectivity index (χ1v) is 8.38. The van der Waals surface area contributed by atoms with Gasteiger partial charge in [0, 0.05) is 25.4 Å². The Kier molecular flexibility index (Phi) is 6.27. The first kappa shape index (κ1) is 15.7. The average molecular weight is 268 g/mol. The molecule has 0 aromatic heterocycles. The lowest BCUT2D eigenvalue weighted by atomic mass is 10.2. The van der Waals surface area contributed by atoms with Crippen molar-refractivity contribution in [2.45, 2.75) is 13.8 Å². The molecule has 2 atom stereocenters. The van der Waals surface area contributed by atoms with Crippen LogP contribution >= 0.6 is 7.37 Å². The molecule has 0 spiro atoms. The molecule has 5 nitrogen and oxygen atoms in total. The predicted octanol–water partition coefficient (Wildman–Crippen LogP) is 1.46. The Morgan fingerprint density at radius 2 is 2.06 bits per heavy atom. The Bertz CT molecular complexity index is 409. The van der Waals surface area contributed by atoms with E-state index in [0.29, 0.717) is 6.16 Å². The third kappa shape index (κ3) is 6.29. The zero-order valence-corrected chi connectivity index (χ0v) is 11.3. The van der Waals surface area contributed by atoms with Gasteiger partial charge in [0.2, 0.25) is 7.37 Å². The van der Waals surface area contributed by atoms with Crippen molar-refractivity contribution in [1.29, 1.82) is 0 Å². The number of rotatable bonds is 6. The monoisotopic (exact) mass is 268 g/mol. The van der Waals surface area contributed by atoms with Crippen LogP contribution in [0.1, 0.15) is 13.8 Å². The minimum atomic E-state index is -4.11. The molecule has 0 aliphatic heterocycles. The van der Waals surface area contributed by atoms with Crippen LogP contribution in [0, 0.1) is 17.8 Å². The van der Waals surface area contributed by atoms with Gasteiger partial charge in [0.1, 0.15) is 0 Å². The summed E-state index contributed by atoms with van der Waals surface area (Å²) < 4.78 is 47.0. The maximum absolute atomic E-state index is 12.0. The van der Waals surface area contributed by atoms with Crippen molar-refractivity contribution in [2.24, 2.45) is 5.92 Å². The van der Waals surface area contributed by atoms with Gasteiger partial charge in [0.05, 0.1) is 5.75 Å². The Labute approximate surface area is 96.8 Å². The van der Waals surface area contributed by atoms with Crippen LogP contribution < -0.4 is 0 Å². The van der Waals surface area contributed by atoms with Crippen LogP contribution in [0.4, 0.5) is 0 Å². The maximum atomic E-state index is 12.0. The zero-order chi connectivity index (χ0) is 12.8. The molecule has 0 heterocycles. The van der Waals surface area contributed by atoms with Crippen molar-refractivity contribution < 1.29 is 22.1 Å². The van der Waals surface area contributed by atoms with Crippen LogP contribution in [-0.4, -0.2) is 38.2 Å². The van der Waals surface area contributed by atoms with Crippen LogP contribution in [0.2, 0.25) is 0 Å². The largest absolute Gasteiger partial charge is 0.332 e. The quantitative estimate of drug-likeness (QED) is 0.448. The van der Waals surface area contributed by atoms with E-state index in [1.807, 2.05) is 0 Å². The summed E-state index contributed by atoms with van der Waals surface area (Å²) in [4.78, 5) is 0. The molecule has 2 unspecified atom stereocenters. The second-order valence-electron chi connectivity index (χ2n) is 3.34. The molecule has 0 aromatic carbocycles. The van der Waals surface area contributed by atoms with E-state index in [9.17, 15) is 13.0 Å². The van der Waals surface area contributed by atoms with E-state index < -0.39 is 29.2 Å². The molecule has 7 heteroatoms. The Morgan fingerprint density at radius 3 is 2.38 bits per heavy atom. The first-order chi connectivity index (χ1) is 7.26. The van der Waals surface area contributed by atoms with Gasteiger partial charge >= 0.3 is 0 Å². The fourth-order valence-electron chi connectivity index (χ4n) is 1.27. The minimum absolute atomic E-state index is 0.0423. The Hall–Kier alpha value is -0.340. The van der Waals surface area contributed by atoms with Gasteiger partial charge in [-0.3, -0.25) is 9.12 Å². The minimum Gasteiger partial charge on any atom is -0.332 e. The third-order valence-corrected chi connectivity index (χ3v) is 5.52. The van der Waals surface area contributed by atoms with E-state index in [2.05, 4.69) is 11.8 Å². The molecule has 0 aromatic rings. The van der Waals surface area contributed by atoms with E-state index in [-0.39, 0.29) is 6.16 Å². The van der Waals surface area contributed by atoms with E-state index >= 15 is 0 Å². The van der Waals surface area contributed by atoms with Crippen LogP contribution in [0.15, 0.2) is 0 Å². The van der Waals surface area contributed by atoms with Crippen molar-refractivity contribution in [3.8, 4) is 11.8 Å². The third-order valence-electron chi connectivity index (χ3n) is 2.07. The topological polar surface area (TPSA) is 80.7 Å². The molecule has 0 radical (unpaired) electrons. The van der Waals surface area contributed by atoms with Crippen LogP contribution in [0.25, 0.3) is 0 Å². The summed E-state index contributed by atoms with van der Waals surface area (Å²) in [6.45, 7) is 3.26. The molecule has 94 valence electrons. The molecular formula is C9H17O5PS. The van der Waals surface area contributed by atoms with Crippen molar-refractivity contribution in [2.75, 3.05) is 25.2 Å². The maximum Gasteiger partial charge on any atom is 0.266 e. The van der Waals surface area contributed by atoms with Crippen LogP contribution in [-0.2, 0) is 19.2 Å². The SMILES string of the molecule is CC#CC(CP(=O)(CC)OC)CS(=O)(=O)O. The Morgan fingerprint density at radius 1 is 1.50 bits per heavy atom. The standard InChI is InChI=1S/C9H17O5PS/c1-4-6-9(8-16(11,12)13)7-15(10,5-2)14-3/h9H,5,7-8H2,1-3H3,(H,11,12,13). The van der Waals surface area contributed by atoms with Gasteiger partial charge in [0.15, 0.2) is 0 Å². The molecule has 1 N–H and O–H groups in total. The highest BCUT2D eigenvalue weighted by Crippen LogP contribution is 2.47. The van der Waals surface area contributed by atoms with E-state index in [0.717, 1.165) is 0 Å². The highest BCUT2D eigenvalue weighted by Gasteiger charge is 2.26. The molecule has 0 fully saturated rings. The van der Waals surface area contributed by atoms with Crippen LogP contribution in [0.5, 0.6) is 0 Å². The van der Waals surface area contributed by atoms with Crippen LogP contribution in [0.3, 0.4) is 0 Å². The molecular weight excluding hydrogens is 251 g/mol. The first-order valence-electron chi connectivity index (χ1n) is 4.77. The summed E-state index contributed by atoms with van der Waals surface area (Å²) in [5, 5.41) is 0. The van der Waals surface area contributed by atoms with Gasteiger partial charge in [-0.25, -0.2) is 0 Å². The molecule has 0 aliphatic rings. The summed E-state index contributed by atoms with van der Waals surface area (Å²) in [5.74, 6) is 4.01. The van der Waals surface area contributed by atoms with Gasteiger partial charge in [-0.2, -0.15) is 8.42 Å². The summed E-state index contributed by atoms with van der Waals surface area (Å²) in [6, 6.07) is 0. The summed E-state index contributed by atoms with van der Waals surface area (Å²) in [6.07, 6.45) is 0.359. The lowest BCUT2D eigenvalue weighted by Crippen LogP contribution is -2.18. The van der Waals surface area contributed by atoms with Gasteiger partial charge < -0.3 is 4.52 Å². The molecule has 0 aliphatic carbocycles. The van der Waals surface area contributed by atoms with Crippen molar-refractivity contribution >= 4 is 17.5 Å². The van der Waals surface area contributed by atoms with Crippen molar-refractivity contribution in [3.63, 3.8) is 0 Å². The lowest BCUT2D eigenvalue weighted by Gasteiger charge is -2.17. The van der Waals surface area contributed by atoms with Gasteiger partial charge in [-0.05, 0) is 6.92 Å². The summed E-state index contributed by atoms with van der Waals surface area (Å²) in [7, 11) is -5.62. The van der Waals surface area contributed by atoms with E-state index in [1.54, 1.807) is 13.8 Å². The summed E-state index contributed by atoms with van der Waals surface area (Å²) >= 11 is 0. The predicted molar refractivity (Wildman–Crippen MR) is 63.4 cm³/mol. The summed E-state index contributed by atoms with van der Waals surface area (Å²) in [5.41, 5.74) is 0. The van der Waals surface area contributed by atoms with E-state index in [1.165, 1.54) is 7.11 Å². The molecule has 16 heavy (non-hydrogen) atoms. The average Bonchev–Trinajstić information content (AvgIpc) is 2.15. The van der Waals surface area contributed by atoms with Crippen molar-refractivity contribution in [1.82, 2.24) is 0 Å². The highest BCUT2D eigenvalue weighted by atomic mass is 32.2. The number of hydrogen-bond donors (Lipinski definition) is 1. The highest BCUT2D eigenvalue weighted by molar-refractivity contribution is 7.85. The zero-order valence-electron chi connectivity index (χ0n) is 9.63. The molecule has 0 saturated heterocycles. The lowest BCUT2D eigenvalue weighted by molar-refractivity contribution is 0.391.